The van der Waals surface area contributed by atoms with Gasteiger partial charge in [-0.2, -0.15) is 0 Å². The first kappa shape index (κ1) is 29.5. The molecule has 11 rings (SSSR count). The van der Waals surface area contributed by atoms with Gasteiger partial charge >= 0.3 is 0 Å². The highest BCUT2D eigenvalue weighted by atomic mass is 16.3. The zero-order valence-electron chi connectivity index (χ0n) is 28.5. The first-order valence-corrected chi connectivity index (χ1v) is 17.9. The number of rotatable bonds is 4. The van der Waals surface area contributed by atoms with Crippen LogP contribution in [0.2, 0.25) is 0 Å². The predicted octanol–water partition coefficient (Wildman–Crippen LogP) is 13.1. The molecular formula is C49H29N3O. The van der Waals surface area contributed by atoms with Gasteiger partial charge < -0.3 is 4.42 Å². The average molecular weight is 676 g/mol. The van der Waals surface area contributed by atoms with E-state index in [-0.39, 0.29) is 0 Å². The van der Waals surface area contributed by atoms with Crippen LogP contribution >= 0.6 is 0 Å². The maximum Gasteiger partial charge on any atom is 0.164 e. The average Bonchev–Trinajstić information content (AvgIpc) is 3.61. The molecule has 4 nitrogen and oxygen atoms in total. The molecule has 0 radical (unpaired) electrons. The predicted molar refractivity (Wildman–Crippen MR) is 219 cm³/mol. The number of nitrogens with zero attached hydrogens (tertiary/aromatic N) is 3. The highest BCUT2D eigenvalue weighted by molar-refractivity contribution is 6.33. The zero-order valence-corrected chi connectivity index (χ0v) is 28.5. The fourth-order valence-corrected chi connectivity index (χ4v) is 8.05. The lowest BCUT2D eigenvalue weighted by Gasteiger charge is -2.16. The van der Waals surface area contributed by atoms with E-state index < -0.39 is 0 Å². The molecule has 0 saturated carbocycles. The molecular weight excluding hydrogens is 647 g/mol. The number of hydrogen-bond donors (Lipinski definition) is 0. The Balaban J connectivity index is 1.13. The summed E-state index contributed by atoms with van der Waals surface area (Å²) in [5.41, 5.74) is 6.73. The molecule has 0 aliphatic carbocycles. The SMILES string of the molecule is c1ccc(-c2nc(-c3cccc(-c4cc5c6ccccc6c6ccccc6c5c5ccccc45)c3)nc(-c3ccc4oc5ccccc5c4c3)n2)cc1. The van der Waals surface area contributed by atoms with Crippen LogP contribution in [0, 0.1) is 0 Å². The van der Waals surface area contributed by atoms with Crippen molar-refractivity contribution in [2.75, 3.05) is 0 Å². The normalized spacial score (nSPS) is 11.8. The monoisotopic (exact) mass is 675 g/mol. The quantitative estimate of drug-likeness (QED) is 0.174. The van der Waals surface area contributed by atoms with E-state index in [0.717, 1.165) is 44.2 Å². The lowest BCUT2D eigenvalue weighted by Crippen LogP contribution is -2.00. The molecule has 0 bridgehead atoms. The standard InChI is InChI=1S/C49H29N3O/c1-2-13-30(14-3-1)47-50-48(52-49(51-47)33-25-26-45-42(28-33)38-21-10-11-24-44(38)53-45)32-16-12-15-31(27-32)41-29-43-36-19-5-4-17-34(36)35-18-6-8-22-39(35)46(43)40-23-9-7-20-37(40)41/h1-29H. The van der Waals surface area contributed by atoms with Gasteiger partial charge in [-0.25, -0.2) is 15.0 Å². The molecule has 9 aromatic carbocycles. The summed E-state index contributed by atoms with van der Waals surface area (Å²) in [4.78, 5) is 15.3. The number of fused-ring (bicyclic) bond motifs is 11. The third kappa shape index (κ3) is 4.73. The van der Waals surface area contributed by atoms with E-state index in [1.807, 2.05) is 60.7 Å². The molecule has 11 aromatic rings. The van der Waals surface area contributed by atoms with Crippen LogP contribution in [0.3, 0.4) is 0 Å². The minimum atomic E-state index is 0.612. The van der Waals surface area contributed by atoms with Gasteiger partial charge in [0.15, 0.2) is 17.5 Å². The van der Waals surface area contributed by atoms with Gasteiger partial charge in [0, 0.05) is 27.5 Å². The van der Waals surface area contributed by atoms with E-state index in [1.54, 1.807) is 0 Å². The van der Waals surface area contributed by atoms with Crippen LogP contribution in [0.4, 0.5) is 0 Å². The molecule has 0 aliphatic heterocycles. The Morgan fingerprint density at radius 3 is 1.51 bits per heavy atom. The first-order chi connectivity index (χ1) is 26.3. The Hall–Kier alpha value is -7.17. The van der Waals surface area contributed by atoms with E-state index >= 15 is 0 Å². The van der Waals surface area contributed by atoms with Crippen molar-refractivity contribution >= 4 is 65.0 Å². The Labute approximate surface area is 304 Å². The first-order valence-electron chi connectivity index (χ1n) is 17.9. The highest BCUT2D eigenvalue weighted by Crippen LogP contribution is 2.43. The van der Waals surface area contributed by atoms with Crippen molar-refractivity contribution in [3.8, 4) is 45.3 Å². The summed E-state index contributed by atoms with van der Waals surface area (Å²) in [5, 5.41) is 12.1. The molecule has 0 saturated heterocycles. The van der Waals surface area contributed by atoms with Crippen LogP contribution in [0.15, 0.2) is 180 Å². The number of aromatic nitrogens is 3. The summed E-state index contributed by atoms with van der Waals surface area (Å²) in [7, 11) is 0. The molecule has 0 amide bonds. The number of para-hydroxylation sites is 1. The van der Waals surface area contributed by atoms with Gasteiger partial charge in [-0.05, 0) is 90.6 Å². The minimum absolute atomic E-state index is 0.612. The molecule has 0 N–H and O–H groups in total. The van der Waals surface area contributed by atoms with Crippen LogP contribution < -0.4 is 0 Å². The molecule has 4 heteroatoms. The Morgan fingerprint density at radius 1 is 0.283 bits per heavy atom. The van der Waals surface area contributed by atoms with Gasteiger partial charge in [-0.15, -0.1) is 0 Å². The van der Waals surface area contributed by atoms with Gasteiger partial charge in [-0.1, -0.05) is 140 Å². The van der Waals surface area contributed by atoms with Crippen LogP contribution in [0.1, 0.15) is 0 Å². The molecule has 2 aromatic heterocycles. The Bertz CT molecular complexity index is 3240. The van der Waals surface area contributed by atoms with Crippen LogP contribution in [0.5, 0.6) is 0 Å². The molecule has 0 atom stereocenters. The van der Waals surface area contributed by atoms with Crippen molar-refractivity contribution in [1.82, 2.24) is 15.0 Å². The summed E-state index contributed by atoms with van der Waals surface area (Å²) >= 11 is 0. The molecule has 0 fully saturated rings. The number of hydrogen-bond acceptors (Lipinski definition) is 4. The second-order valence-electron chi connectivity index (χ2n) is 13.5. The van der Waals surface area contributed by atoms with Crippen molar-refractivity contribution in [1.29, 1.82) is 0 Å². The second kappa shape index (κ2) is 11.7. The lowest BCUT2D eigenvalue weighted by atomic mass is 9.87. The second-order valence-corrected chi connectivity index (χ2v) is 13.5. The summed E-state index contributed by atoms with van der Waals surface area (Å²) in [6, 6.07) is 61.7. The third-order valence-electron chi connectivity index (χ3n) is 10.5. The molecule has 53 heavy (non-hydrogen) atoms. The summed E-state index contributed by atoms with van der Waals surface area (Å²) in [6.45, 7) is 0. The summed E-state index contributed by atoms with van der Waals surface area (Å²) in [5.74, 6) is 1.86. The largest absolute Gasteiger partial charge is 0.456 e. The molecule has 246 valence electrons. The van der Waals surface area contributed by atoms with Crippen LogP contribution in [-0.4, -0.2) is 15.0 Å². The summed E-state index contributed by atoms with van der Waals surface area (Å²) < 4.78 is 6.13. The van der Waals surface area contributed by atoms with E-state index in [2.05, 4.69) is 115 Å². The van der Waals surface area contributed by atoms with E-state index in [9.17, 15) is 0 Å². The van der Waals surface area contributed by atoms with E-state index in [4.69, 9.17) is 19.4 Å². The van der Waals surface area contributed by atoms with Gasteiger partial charge in [0.1, 0.15) is 11.2 Å². The number of furan rings is 1. The van der Waals surface area contributed by atoms with Crippen molar-refractivity contribution in [3.05, 3.63) is 176 Å². The zero-order chi connectivity index (χ0) is 34.9. The molecule has 0 spiro atoms. The van der Waals surface area contributed by atoms with E-state index in [0.29, 0.717) is 17.5 Å². The van der Waals surface area contributed by atoms with Crippen LogP contribution in [0.25, 0.3) is 110 Å². The Morgan fingerprint density at radius 2 is 0.774 bits per heavy atom. The van der Waals surface area contributed by atoms with Crippen molar-refractivity contribution in [2.24, 2.45) is 0 Å². The van der Waals surface area contributed by atoms with Crippen molar-refractivity contribution in [3.63, 3.8) is 0 Å². The van der Waals surface area contributed by atoms with E-state index in [1.165, 1.54) is 48.7 Å². The highest BCUT2D eigenvalue weighted by Gasteiger charge is 2.18. The molecule has 0 aliphatic rings. The topological polar surface area (TPSA) is 51.8 Å². The van der Waals surface area contributed by atoms with Gasteiger partial charge in [-0.3, -0.25) is 0 Å². The maximum absolute atomic E-state index is 6.13. The lowest BCUT2D eigenvalue weighted by molar-refractivity contribution is 0.669. The summed E-state index contributed by atoms with van der Waals surface area (Å²) in [6.07, 6.45) is 0. The van der Waals surface area contributed by atoms with Crippen molar-refractivity contribution < 1.29 is 4.42 Å². The fourth-order valence-electron chi connectivity index (χ4n) is 8.05. The minimum Gasteiger partial charge on any atom is -0.456 e. The smallest absolute Gasteiger partial charge is 0.164 e. The van der Waals surface area contributed by atoms with Crippen molar-refractivity contribution in [2.45, 2.75) is 0 Å². The third-order valence-corrected chi connectivity index (χ3v) is 10.5. The molecule has 0 unspecified atom stereocenters. The van der Waals surface area contributed by atoms with Gasteiger partial charge in [0.25, 0.3) is 0 Å². The van der Waals surface area contributed by atoms with Crippen LogP contribution in [-0.2, 0) is 0 Å². The fraction of sp³-hybridized carbons (Fsp3) is 0. The molecule has 2 heterocycles. The maximum atomic E-state index is 6.13. The van der Waals surface area contributed by atoms with Gasteiger partial charge in [0.05, 0.1) is 0 Å². The Kier molecular flexibility index (Phi) is 6.52. The van der Waals surface area contributed by atoms with Gasteiger partial charge in [0.2, 0.25) is 0 Å². The number of benzene rings is 9.